The SMILES string of the molecule is CC(=O)N/C(=C\c1ccccc1)C(=O)Nc1ccc(C)c(S(N)(=O)=O)c1. The molecule has 0 aliphatic carbocycles. The van der Waals surface area contributed by atoms with E-state index in [2.05, 4.69) is 10.6 Å². The van der Waals surface area contributed by atoms with Crippen molar-refractivity contribution >= 4 is 33.6 Å². The molecule has 0 fully saturated rings. The smallest absolute Gasteiger partial charge is 0.272 e. The largest absolute Gasteiger partial charge is 0.322 e. The van der Waals surface area contributed by atoms with Crippen LogP contribution in [0.4, 0.5) is 5.69 Å². The molecule has 8 heteroatoms. The number of aryl methyl sites for hydroxylation is 1. The van der Waals surface area contributed by atoms with Gasteiger partial charge in [0.1, 0.15) is 5.70 Å². The number of nitrogens with one attached hydrogen (secondary N) is 2. The Morgan fingerprint density at radius 3 is 2.31 bits per heavy atom. The van der Waals surface area contributed by atoms with Crippen LogP contribution in [0.15, 0.2) is 59.1 Å². The number of anilines is 1. The number of hydrogen-bond donors (Lipinski definition) is 3. The van der Waals surface area contributed by atoms with Crippen molar-refractivity contribution in [2.24, 2.45) is 5.14 Å². The number of carbonyl (C=O) groups is 2. The molecule has 0 atom stereocenters. The zero-order valence-corrected chi connectivity index (χ0v) is 15.1. The van der Waals surface area contributed by atoms with Gasteiger partial charge < -0.3 is 10.6 Å². The second-order valence-corrected chi connectivity index (χ2v) is 7.16. The molecule has 0 saturated carbocycles. The lowest BCUT2D eigenvalue weighted by Gasteiger charge is -2.11. The van der Waals surface area contributed by atoms with Crippen LogP contribution in [0.25, 0.3) is 6.08 Å². The van der Waals surface area contributed by atoms with Crippen molar-refractivity contribution in [1.82, 2.24) is 5.32 Å². The average molecular weight is 373 g/mol. The van der Waals surface area contributed by atoms with Crippen LogP contribution in [0, 0.1) is 6.92 Å². The summed E-state index contributed by atoms with van der Waals surface area (Å²) in [6, 6.07) is 13.3. The minimum Gasteiger partial charge on any atom is -0.322 e. The van der Waals surface area contributed by atoms with Crippen molar-refractivity contribution in [3.05, 3.63) is 65.4 Å². The predicted molar refractivity (Wildman–Crippen MR) is 99.4 cm³/mol. The van der Waals surface area contributed by atoms with Gasteiger partial charge in [0.25, 0.3) is 5.91 Å². The lowest BCUT2D eigenvalue weighted by Crippen LogP contribution is -2.29. The molecule has 0 aliphatic heterocycles. The van der Waals surface area contributed by atoms with Gasteiger partial charge in [-0.05, 0) is 36.3 Å². The zero-order chi connectivity index (χ0) is 19.3. The van der Waals surface area contributed by atoms with E-state index in [1.165, 1.54) is 25.1 Å². The van der Waals surface area contributed by atoms with E-state index in [1.807, 2.05) is 6.07 Å². The highest BCUT2D eigenvalue weighted by Crippen LogP contribution is 2.19. The van der Waals surface area contributed by atoms with Gasteiger partial charge in [-0.2, -0.15) is 0 Å². The van der Waals surface area contributed by atoms with E-state index in [9.17, 15) is 18.0 Å². The lowest BCUT2D eigenvalue weighted by atomic mass is 10.2. The maximum Gasteiger partial charge on any atom is 0.272 e. The average Bonchev–Trinajstić information content (AvgIpc) is 2.55. The van der Waals surface area contributed by atoms with Gasteiger partial charge in [0.05, 0.1) is 4.90 Å². The van der Waals surface area contributed by atoms with Crippen LogP contribution in [0.3, 0.4) is 0 Å². The second kappa shape index (κ2) is 7.94. The molecular weight excluding hydrogens is 354 g/mol. The minimum absolute atomic E-state index is 0.0291. The molecule has 136 valence electrons. The summed E-state index contributed by atoms with van der Waals surface area (Å²) in [4.78, 5) is 23.8. The normalized spacial score (nSPS) is 11.7. The maximum atomic E-state index is 12.5. The summed E-state index contributed by atoms with van der Waals surface area (Å²) in [5.74, 6) is -0.996. The number of rotatable bonds is 5. The zero-order valence-electron chi connectivity index (χ0n) is 14.3. The van der Waals surface area contributed by atoms with Crippen LogP contribution in [0.5, 0.6) is 0 Å². The third-order valence-corrected chi connectivity index (χ3v) is 4.47. The first kappa shape index (κ1) is 19.4. The molecule has 2 rings (SSSR count). The molecule has 0 radical (unpaired) electrons. The van der Waals surface area contributed by atoms with Crippen LogP contribution in [0.1, 0.15) is 18.1 Å². The van der Waals surface area contributed by atoms with Crippen LogP contribution < -0.4 is 15.8 Å². The first-order valence-corrected chi connectivity index (χ1v) is 9.20. The Bertz CT molecular complexity index is 967. The quantitative estimate of drug-likeness (QED) is 0.692. The molecule has 2 aromatic rings. The molecule has 0 heterocycles. The molecule has 4 N–H and O–H groups in total. The highest BCUT2D eigenvalue weighted by molar-refractivity contribution is 7.89. The summed E-state index contributed by atoms with van der Waals surface area (Å²) in [5.41, 5.74) is 1.46. The van der Waals surface area contributed by atoms with Gasteiger partial charge in [-0.15, -0.1) is 0 Å². The Hall–Kier alpha value is -2.97. The summed E-state index contributed by atoms with van der Waals surface area (Å²) in [6.45, 7) is 2.89. The number of carbonyl (C=O) groups excluding carboxylic acids is 2. The molecule has 7 nitrogen and oxygen atoms in total. The Labute approximate surface area is 152 Å². The number of primary sulfonamides is 1. The minimum atomic E-state index is -3.92. The lowest BCUT2D eigenvalue weighted by molar-refractivity contribution is -0.120. The first-order valence-electron chi connectivity index (χ1n) is 7.66. The molecular formula is C18H19N3O4S. The van der Waals surface area contributed by atoms with Gasteiger partial charge in [0, 0.05) is 12.6 Å². The van der Waals surface area contributed by atoms with Crippen molar-refractivity contribution in [1.29, 1.82) is 0 Å². The molecule has 2 aromatic carbocycles. The van der Waals surface area contributed by atoms with Crippen molar-refractivity contribution in [3.8, 4) is 0 Å². The fourth-order valence-electron chi connectivity index (χ4n) is 2.25. The van der Waals surface area contributed by atoms with E-state index in [4.69, 9.17) is 5.14 Å². The highest BCUT2D eigenvalue weighted by atomic mass is 32.2. The monoisotopic (exact) mass is 373 g/mol. The fourth-order valence-corrected chi connectivity index (χ4v) is 3.05. The first-order chi connectivity index (χ1) is 12.2. The van der Waals surface area contributed by atoms with Gasteiger partial charge in [0.2, 0.25) is 15.9 Å². The maximum absolute atomic E-state index is 12.5. The summed E-state index contributed by atoms with van der Waals surface area (Å²) in [5, 5.41) is 10.2. The van der Waals surface area contributed by atoms with Gasteiger partial charge >= 0.3 is 0 Å². The Kier molecular flexibility index (Phi) is 5.91. The van der Waals surface area contributed by atoms with E-state index < -0.39 is 21.8 Å². The molecule has 0 bridgehead atoms. The summed E-state index contributed by atoms with van der Waals surface area (Å²) < 4.78 is 23.2. The second-order valence-electron chi connectivity index (χ2n) is 5.63. The van der Waals surface area contributed by atoms with E-state index >= 15 is 0 Å². The fraction of sp³-hybridized carbons (Fsp3) is 0.111. The van der Waals surface area contributed by atoms with Gasteiger partial charge in [-0.3, -0.25) is 9.59 Å². The topological polar surface area (TPSA) is 118 Å². The molecule has 0 aromatic heterocycles. The van der Waals surface area contributed by atoms with Crippen molar-refractivity contribution in [3.63, 3.8) is 0 Å². The standard InChI is InChI=1S/C18H19N3O4S/c1-12-8-9-15(11-17(12)26(19,24)25)21-18(23)16(20-13(2)22)10-14-6-4-3-5-7-14/h3-11H,1-2H3,(H,20,22)(H,21,23)(H2,19,24,25)/b16-10-. The Balaban J connectivity index is 2.33. The molecule has 0 saturated heterocycles. The molecule has 26 heavy (non-hydrogen) atoms. The third-order valence-electron chi connectivity index (χ3n) is 3.42. The van der Waals surface area contributed by atoms with Crippen LogP contribution in [-0.2, 0) is 19.6 Å². The van der Waals surface area contributed by atoms with E-state index in [1.54, 1.807) is 37.3 Å². The molecule has 0 aliphatic rings. The summed E-state index contributed by atoms with van der Waals surface area (Å²) in [6.07, 6.45) is 1.52. The van der Waals surface area contributed by atoms with Crippen molar-refractivity contribution in [2.45, 2.75) is 18.7 Å². The van der Waals surface area contributed by atoms with E-state index in [-0.39, 0.29) is 16.3 Å². The molecule has 0 spiro atoms. The van der Waals surface area contributed by atoms with E-state index in [0.29, 0.717) is 5.56 Å². The van der Waals surface area contributed by atoms with Gasteiger partial charge in [0.15, 0.2) is 0 Å². The predicted octanol–water partition coefficient (Wildman–Crippen LogP) is 1.76. The van der Waals surface area contributed by atoms with Crippen molar-refractivity contribution in [2.75, 3.05) is 5.32 Å². The molecule has 2 amide bonds. The summed E-state index contributed by atoms with van der Waals surface area (Å²) in [7, 11) is -3.92. The van der Waals surface area contributed by atoms with E-state index in [0.717, 1.165) is 5.56 Å². The van der Waals surface area contributed by atoms with Crippen LogP contribution >= 0.6 is 0 Å². The van der Waals surface area contributed by atoms with Gasteiger partial charge in [-0.25, -0.2) is 13.6 Å². The molecule has 0 unspecified atom stereocenters. The Morgan fingerprint density at radius 1 is 1.08 bits per heavy atom. The summed E-state index contributed by atoms with van der Waals surface area (Å²) >= 11 is 0. The van der Waals surface area contributed by atoms with Gasteiger partial charge in [-0.1, -0.05) is 36.4 Å². The number of sulfonamides is 1. The number of amides is 2. The van der Waals surface area contributed by atoms with Crippen LogP contribution in [-0.4, -0.2) is 20.2 Å². The Morgan fingerprint density at radius 2 is 1.73 bits per heavy atom. The number of benzene rings is 2. The highest BCUT2D eigenvalue weighted by Gasteiger charge is 2.15. The van der Waals surface area contributed by atoms with Crippen molar-refractivity contribution < 1.29 is 18.0 Å². The number of hydrogen-bond acceptors (Lipinski definition) is 4. The van der Waals surface area contributed by atoms with Crippen LogP contribution in [0.2, 0.25) is 0 Å². The number of nitrogens with two attached hydrogens (primary N) is 1. The third kappa shape index (κ3) is 5.27.